The number of hydrogen-bond acceptors (Lipinski definition) is 2. The molecular formula is C16H21ClN2O. The summed E-state index contributed by atoms with van der Waals surface area (Å²) in [7, 11) is 1.91. The Morgan fingerprint density at radius 3 is 3.00 bits per heavy atom. The van der Waals surface area contributed by atoms with Crippen molar-refractivity contribution < 1.29 is 4.79 Å². The summed E-state index contributed by atoms with van der Waals surface area (Å²) in [6.45, 7) is 4.08. The largest absolute Gasteiger partial charge is 0.338 e. The summed E-state index contributed by atoms with van der Waals surface area (Å²) in [5, 5.41) is 4.07. The van der Waals surface area contributed by atoms with Crippen LogP contribution >= 0.6 is 11.6 Å². The number of benzene rings is 1. The molecule has 1 amide bonds. The standard InChI is InChI=1S/C16H21ClN2O/c1-3-4-10-7-11-12-9-18-6-5-14(12)19(2)16(20)15(11)13(17)8-10/h7-8,12,14,18H,3-6,9H2,1-2H3. The topological polar surface area (TPSA) is 32.3 Å². The lowest BCUT2D eigenvalue weighted by Gasteiger charge is -2.43. The minimum absolute atomic E-state index is 0.0798. The predicted molar refractivity (Wildman–Crippen MR) is 81.6 cm³/mol. The minimum atomic E-state index is 0.0798. The van der Waals surface area contributed by atoms with E-state index < -0.39 is 0 Å². The van der Waals surface area contributed by atoms with Gasteiger partial charge in [0.2, 0.25) is 0 Å². The van der Waals surface area contributed by atoms with Crippen molar-refractivity contribution in [3.05, 3.63) is 33.8 Å². The van der Waals surface area contributed by atoms with Crippen molar-refractivity contribution in [3.63, 3.8) is 0 Å². The van der Waals surface area contributed by atoms with Crippen LogP contribution in [0.25, 0.3) is 0 Å². The maximum Gasteiger partial charge on any atom is 0.255 e. The Balaban J connectivity index is 2.12. The van der Waals surface area contributed by atoms with Crippen LogP contribution in [-0.4, -0.2) is 37.0 Å². The SMILES string of the molecule is CCCc1cc(Cl)c2c(c1)C1CNCCC1N(C)C2=O. The zero-order valence-corrected chi connectivity index (χ0v) is 12.8. The second kappa shape index (κ2) is 5.38. The molecule has 2 unspecified atom stereocenters. The normalized spacial score (nSPS) is 25.4. The molecule has 0 saturated carbocycles. The van der Waals surface area contributed by atoms with E-state index in [0.717, 1.165) is 43.5 Å². The van der Waals surface area contributed by atoms with Gasteiger partial charge in [0.25, 0.3) is 5.91 Å². The highest BCUT2D eigenvalue weighted by Gasteiger charge is 2.40. The van der Waals surface area contributed by atoms with E-state index in [4.69, 9.17) is 11.6 Å². The van der Waals surface area contributed by atoms with Gasteiger partial charge in [0.15, 0.2) is 0 Å². The first-order chi connectivity index (χ1) is 9.63. The first-order valence-electron chi connectivity index (χ1n) is 7.43. The fraction of sp³-hybridized carbons (Fsp3) is 0.562. The number of halogens is 1. The molecule has 0 bridgehead atoms. The van der Waals surface area contributed by atoms with Crippen LogP contribution in [0.15, 0.2) is 12.1 Å². The van der Waals surface area contributed by atoms with Gasteiger partial charge in [-0.25, -0.2) is 0 Å². The molecule has 2 aliphatic rings. The monoisotopic (exact) mass is 292 g/mol. The van der Waals surface area contributed by atoms with E-state index in [-0.39, 0.29) is 5.91 Å². The molecule has 1 saturated heterocycles. The number of carbonyl (C=O) groups excluding carboxylic acids is 1. The molecule has 3 nitrogen and oxygen atoms in total. The van der Waals surface area contributed by atoms with Gasteiger partial charge in [-0.2, -0.15) is 0 Å². The van der Waals surface area contributed by atoms with Crippen molar-refractivity contribution in [2.24, 2.45) is 0 Å². The molecule has 1 aromatic carbocycles. The van der Waals surface area contributed by atoms with Crippen LogP contribution in [0.1, 0.15) is 47.2 Å². The molecule has 1 aromatic rings. The van der Waals surface area contributed by atoms with Crippen molar-refractivity contribution in [2.45, 2.75) is 38.1 Å². The lowest BCUT2D eigenvalue weighted by atomic mass is 9.79. The van der Waals surface area contributed by atoms with Crippen LogP contribution in [0, 0.1) is 0 Å². The van der Waals surface area contributed by atoms with E-state index >= 15 is 0 Å². The molecule has 0 aromatic heterocycles. The number of rotatable bonds is 2. The van der Waals surface area contributed by atoms with Crippen LogP contribution in [0.4, 0.5) is 0 Å². The van der Waals surface area contributed by atoms with E-state index in [1.54, 1.807) is 0 Å². The lowest BCUT2D eigenvalue weighted by molar-refractivity contribution is 0.0641. The van der Waals surface area contributed by atoms with Gasteiger partial charge in [-0.3, -0.25) is 4.79 Å². The molecule has 1 N–H and O–H groups in total. The third-order valence-corrected chi connectivity index (χ3v) is 4.89. The van der Waals surface area contributed by atoms with Gasteiger partial charge in [0, 0.05) is 25.6 Å². The van der Waals surface area contributed by atoms with Gasteiger partial charge in [-0.1, -0.05) is 31.0 Å². The van der Waals surface area contributed by atoms with E-state index in [1.165, 1.54) is 5.56 Å². The quantitative estimate of drug-likeness (QED) is 0.909. The van der Waals surface area contributed by atoms with Crippen molar-refractivity contribution in [1.82, 2.24) is 10.2 Å². The fourth-order valence-electron chi connectivity index (χ4n) is 3.59. The molecule has 0 spiro atoms. The van der Waals surface area contributed by atoms with E-state index in [9.17, 15) is 4.79 Å². The molecule has 4 heteroatoms. The summed E-state index contributed by atoms with van der Waals surface area (Å²) in [6, 6.07) is 4.48. The Morgan fingerprint density at radius 2 is 2.25 bits per heavy atom. The number of nitrogens with one attached hydrogen (secondary N) is 1. The van der Waals surface area contributed by atoms with Gasteiger partial charge in [0.1, 0.15) is 0 Å². The number of likely N-dealkylation sites (N-methyl/N-ethyl adjacent to an activating group) is 1. The number of amides is 1. The van der Waals surface area contributed by atoms with Gasteiger partial charge in [0.05, 0.1) is 10.6 Å². The molecule has 0 radical (unpaired) electrons. The molecule has 0 aliphatic carbocycles. The molecule has 20 heavy (non-hydrogen) atoms. The summed E-state index contributed by atoms with van der Waals surface area (Å²) in [5.41, 5.74) is 3.12. The summed E-state index contributed by atoms with van der Waals surface area (Å²) < 4.78 is 0. The Morgan fingerprint density at radius 1 is 1.45 bits per heavy atom. The fourth-order valence-corrected chi connectivity index (χ4v) is 3.92. The average molecular weight is 293 g/mol. The molecule has 2 aliphatic heterocycles. The van der Waals surface area contributed by atoms with Gasteiger partial charge in [-0.05, 0) is 36.6 Å². The number of carbonyl (C=O) groups is 1. The Kier molecular flexibility index (Phi) is 3.74. The smallest absolute Gasteiger partial charge is 0.255 e. The first kappa shape index (κ1) is 13.9. The minimum Gasteiger partial charge on any atom is -0.338 e. The van der Waals surface area contributed by atoms with Crippen molar-refractivity contribution in [3.8, 4) is 0 Å². The van der Waals surface area contributed by atoms with Crippen molar-refractivity contribution in [2.75, 3.05) is 20.1 Å². The molecule has 1 fully saturated rings. The van der Waals surface area contributed by atoms with Crippen LogP contribution in [0.5, 0.6) is 0 Å². The average Bonchev–Trinajstić information content (AvgIpc) is 2.44. The van der Waals surface area contributed by atoms with Crippen LogP contribution in [0.2, 0.25) is 5.02 Å². The van der Waals surface area contributed by atoms with Gasteiger partial charge in [-0.15, -0.1) is 0 Å². The highest BCUT2D eigenvalue weighted by molar-refractivity contribution is 6.34. The third-order valence-electron chi connectivity index (χ3n) is 4.60. The molecule has 2 atom stereocenters. The molecular weight excluding hydrogens is 272 g/mol. The van der Waals surface area contributed by atoms with Gasteiger partial charge < -0.3 is 10.2 Å². The van der Waals surface area contributed by atoms with Gasteiger partial charge >= 0.3 is 0 Å². The summed E-state index contributed by atoms with van der Waals surface area (Å²) in [5.74, 6) is 0.451. The maximum atomic E-state index is 12.6. The van der Waals surface area contributed by atoms with E-state index in [2.05, 4.69) is 18.3 Å². The first-order valence-corrected chi connectivity index (χ1v) is 7.81. The summed E-state index contributed by atoms with van der Waals surface area (Å²) >= 11 is 6.41. The zero-order valence-electron chi connectivity index (χ0n) is 12.1. The van der Waals surface area contributed by atoms with Crippen LogP contribution in [-0.2, 0) is 6.42 Å². The number of piperidine rings is 1. The van der Waals surface area contributed by atoms with Crippen molar-refractivity contribution in [1.29, 1.82) is 0 Å². The lowest BCUT2D eigenvalue weighted by Crippen LogP contribution is -2.52. The molecule has 3 rings (SSSR count). The number of hydrogen-bond donors (Lipinski definition) is 1. The number of fused-ring (bicyclic) bond motifs is 3. The maximum absolute atomic E-state index is 12.6. The summed E-state index contributed by atoms with van der Waals surface area (Å²) in [4.78, 5) is 14.5. The summed E-state index contributed by atoms with van der Waals surface area (Å²) in [6.07, 6.45) is 3.12. The Labute approximate surface area is 125 Å². The predicted octanol–water partition coefficient (Wildman–Crippen LogP) is 2.82. The van der Waals surface area contributed by atoms with Crippen LogP contribution < -0.4 is 5.32 Å². The second-order valence-corrected chi connectivity index (χ2v) is 6.28. The number of nitrogens with zero attached hydrogens (tertiary/aromatic N) is 1. The third kappa shape index (κ3) is 2.13. The van der Waals surface area contributed by atoms with E-state index in [0.29, 0.717) is 17.0 Å². The highest BCUT2D eigenvalue weighted by Crippen LogP contribution is 2.39. The Hall–Kier alpha value is -1.06. The second-order valence-electron chi connectivity index (χ2n) is 5.87. The number of aryl methyl sites for hydroxylation is 1. The van der Waals surface area contributed by atoms with Crippen LogP contribution in [0.3, 0.4) is 0 Å². The van der Waals surface area contributed by atoms with E-state index in [1.807, 2.05) is 18.0 Å². The molecule has 2 heterocycles. The Bertz CT molecular complexity index is 544. The van der Waals surface area contributed by atoms with Crippen molar-refractivity contribution >= 4 is 17.5 Å². The zero-order chi connectivity index (χ0) is 14.3. The molecule has 108 valence electrons. The highest BCUT2D eigenvalue weighted by atomic mass is 35.5.